The van der Waals surface area contributed by atoms with Crippen LogP contribution in [0.1, 0.15) is 40.0 Å². The monoisotopic (exact) mass is 199 g/mol. The highest BCUT2D eigenvalue weighted by Gasteiger charge is 2.23. The van der Waals surface area contributed by atoms with Gasteiger partial charge in [0.15, 0.2) is 0 Å². The van der Waals surface area contributed by atoms with Crippen molar-refractivity contribution in [3.05, 3.63) is 0 Å². The summed E-state index contributed by atoms with van der Waals surface area (Å²) in [6.45, 7) is 8.04. The quantitative estimate of drug-likeness (QED) is 0.726. The normalized spacial score (nSPS) is 35.6. The van der Waals surface area contributed by atoms with Crippen molar-refractivity contribution in [2.45, 2.75) is 46.1 Å². The molecule has 1 fully saturated rings. The molecule has 0 amide bonds. The Bertz CT molecular complexity index is 150. The molecule has 0 saturated heterocycles. The smallest absolute Gasteiger partial charge is 0.0468 e. The standard InChI is InChI=1S/C12H25NO/c1-9-4-10(2)6-12(5-9)13-7-11(3)8-14/h9-14H,4-8H2,1-3H3. The van der Waals surface area contributed by atoms with Crippen molar-refractivity contribution in [3.8, 4) is 0 Å². The van der Waals surface area contributed by atoms with E-state index in [0.29, 0.717) is 18.6 Å². The zero-order valence-electron chi connectivity index (χ0n) is 9.79. The predicted molar refractivity (Wildman–Crippen MR) is 60.2 cm³/mol. The second-order valence-corrected chi connectivity index (χ2v) is 5.31. The molecular weight excluding hydrogens is 174 g/mol. The predicted octanol–water partition coefficient (Wildman–Crippen LogP) is 2.03. The number of aliphatic hydroxyl groups is 1. The van der Waals surface area contributed by atoms with Gasteiger partial charge in [0.2, 0.25) is 0 Å². The first kappa shape index (κ1) is 12.0. The van der Waals surface area contributed by atoms with Gasteiger partial charge < -0.3 is 10.4 Å². The third-order valence-corrected chi connectivity index (χ3v) is 3.25. The van der Waals surface area contributed by atoms with Crippen molar-refractivity contribution in [3.63, 3.8) is 0 Å². The summed E-state index contributed by atoms with van der Waals surface area (Å²) in [6.07, 6.45) is 4.00. The van der Waals surface area contributed by atoms with Gasteiger partial charge in [0.05, 0.1) is 0 Å². The van der Waals surface area contributed by atoms with Crippen LogP contribution in [0.3, 0.4) is 0 Å². The van der Waals surface area contributed by atoms with E-state index >= 15 is 0 Å². The van der Waals surface area contributed by atoms with E-state index in [2.05, 4.69) is 26.1 Å². The third kappa shape index (κ3) is 3.97. The maximum atomic E-state index is 8.93. The van der Waals surface area contributed by atoms with Gasteiger partial charge >= 0.3 is 0 Å². The molecule has 0 aromatic heterocycles. The van der Waals surface area contributed by atoms with Gasteiger partial charge in [0.25, 0.3) is 0 Å². The van der Waals surface area contributed by atoms with E-state index in [1.54, 1.807) is 0 Å². The zero-order valence-corrected chi connectivity index (χ0v) is 9.79. The van der Waals surface area contributed by atoms with Crippen molar-refractivity contribution >= 4 is 0 Å². The van der Waals surface area contributed by atoms with Crippen LogP contribution in [0.15, 0.2) is 0 Å². The van der Waals surface area contributed by atoms with Gasteiger partial charge in [0.1, 0.15) is 0 Å². The van der Waals surface area contributed by atoms with Crippen LogP contribution in [0.5, 0.6) is 0 Å². The Morgan fingerprint density at radius 3 is 2.29 bits per heavy atom. The molecule has 0 radical (unpaired) electrons. The minimum absolute atomic E-state index is 0.296. The Morgan fingerprint density at radius 1 is 1.21 bits per heavy atom. The van der Waals surface area contributed by atoms with Gasteiger partial charge in [-0.2, -0.15) is 0 Å². The molecule has 0 aromatic carbocycles. The first-order valence-corrected chi connectivity index (χ1v) is 5.96. The van der Waals surface area contributed by atoms with Gasteiger partial charge in [-0.3, -0.25) is 0 Å². The fourth-order valence-corrected chi connectivity index (χ4v) is 2.55. The highest BCUT2D eigenvalue weighted by molar-refractivity contribution is 4.79. The third-order valence-electron chi connectivity index (χ3n) is 3.25. The van der Waals surface area contributed by atoms with Crippen LogP contribution >= 0.6 is 0 Å². The fraction of sp³-hybridized carbons (Fsp3) is 1.00. The number of aliphatic hydroxyl groups excluding tert-OH is 1. The SMILES string of the molecule is CC(CO)CNC1CC(C)CC(C)C1. The summed E-state index contributed by atoms with van der Waals surface area (Å²) >= 11 is 0. The summed E-state index contributed by atoms with van der Waals surface area (Å²) in [6, 6.07) is 0.683. The number of hydrogen-bond acceptors (Lipinski definition) is 2. The Morgan fingerprint density at radius 2 is 1.79 bits per heavy atom. The van der Waals surface area contributed by atoms with Crippen LogP contribution in [0.25, 0.3) is 0 Å². The summed E-state index contributed by atoms with van der Waals surface area (Å²) < 4.78 is 0. The highest BCUT2D eigenvalue weighted by Crippen LogP contribution is 2.28. The summed E-state index contributed by atoms with van der Waals surface area (Å²) in [5, 5.41) is 12.5. The minimum atomic E-state index is 0.296. The average molecular weight is 199 g/mol. The summed E-state index contributed by atoms with van der Waals surface area (Å²) in [5.74, 6) is 2.11. The second-order valence-electron chi connectivity index (χ2n) is 5.31. The summed E-state index contributed by atoms with van der Waals surface area (Å²) in [4.78, 5) is 0. The lowest BCUT2D eigenvalue weighted by atomic mass is 9.80. The highest BCUT2D eigenvalue weighted by atomic mass is 16.3. The van der Waals surface area contributed by atoms with Crippen LogP contribution in [0, 0.1) is 17.8 Å². The lowest BCUT2D eigenvalue weighted by Crippen LogP contribution is -2.39. The van der Waals surface area contributed by atoms with Crippen molar-refractivity contribution in [2.75, 3.05) is 13.2 Å². The molecule has 0 aliphatic heterocycles. The minimum Gasteiger partial charge on any atom is -0.396 e. The maximum Gasteiger partial charge on any atom is 0.0468 e. The van der Waals surface area contributed by atoms with Gasteiger partial charge in [-0.1, -0.05) is 20.8 Å². The van der Waals surface area contributed by atoms with Gasteiger partial charge in [0, 0.05) is 19.2 Å². The molecule has 0 aromatic rings. The van der Waals surface area contributed by atoms with E-state index < -0.39 is 0 Å². The molecule has 1 rings (SSSR count). The largest absolute Gasteiger partial charge is 0.396 e. The molecule has 2 N–H and O–H groups in total. The molecule has 0 spiro atoms. The molecule has 1 aliphatic rings. The van der Waals surface area contributed by atoms with Gasteiger partial charge in [-0.05, 0) is 37.0 Å². The topological polar surface area (TPSA) is 32.3 Å². The lowest BCUT2D eigenvalue weighted by Gasteiger charge is -2.32. The molecular formula is C12H25NO. The Balaban J connectivity index is 2.23. The van der Waals surface area contributed by atoms with E-state index in [1.165, 1.54) is 19.3 Å². The van der Waals surface area contributed by atoms with Crippen molar-refractivity contribution < 1.29 is 5.11 Å². The average Bonchev–Trinajstić information content (AvgIpc) is 2.12. The molecule has 3 atom stereocenters. The zero-order chi connectivity index (χ0) is 10.6. The molecule has 14 heavy (non-hydrogen) atoms. The number of nitrogens with one attached hydrogen (secondary N) is 1. The van der Waals surface area contributed by atoms with E-state index in [0.717, 1.165) is 18.4 Å². The molecule has 2 nitrogen and oxygen atoms in total. The maximum absolute atomic E-state index is 8.93. The van der Waals surface area contributed by atoms with Crippen LogP contribution in [0.2, 0.25) is 0 Å². The Kier molecular flexibility index (Phi) is 4.90. The Hall–Kier alpha value is -0.0800. The van der Waals surface area contributed by atoms with Gasteiger partial charge in [-0.25, -0.2) is 0 Å². The number of hydrogen-bond donors (Lipinski definition) is 2. The van der Waals surface area contributed by atoms with Crippen molar-refractivity contribution in [1.82, 2.24) is 5.32 Å². The van der Waals surface area contributed by atoms with Crippen molar-refractivity contribution in [1.29, 1.82) is 0 Å². The molecule has 3 unspecified atom stereocenters. The lowest BCUT2D eigenvalue weighted by molar-refractivity contribution is 0.204. The molecule has 84 valence electrons. The van der Waals surface area contributed by atoms with E-state index in [4.69, 9.17) is 5.11 Å². The molecule has 1 aliphatic carbocycles. The summed E-state index contributed by atoms with van der Waals surface area (Å²) in [5.41, 5.74) is 0. The van der Waals surface area contributed by atoms with E-state index in [9.17, 15) is 0 Å². The van der Waals surface area contributed by atoms with Crippen LogP contribution in [0.4, 0.5) is 0 Å². The second kappa shape index (κ2) is 5.72. The first-order valence-electron chi connectivity index (χ1n) is 5.96. The van der Waals surface area contributed by atoms with Gasteiger partial charge in [-0.15, -0.1) is 0 Å². The van der Waals surface area contributed by atoms with Crippen LogP contribution in [-0.4, -0.2) is 24.3 Å². The van der Waals surface area contributed by atoms with Crippen LogP contribution in [-0.2, 0) is 0 Å². The van der Waals surface area contributed by atoms with Crippen LogP contribution < -0.4 is 5.32 Å². The molecule has 1 saturated carbocycles. The molecule has 2 heteroatoms. The van der Waals surface area contributed by atoms with E-state index in [1.807, 2.05) is 0 Å². The van der Waals surface area contributed by atoms with Crippen molar-refractivity contribution in [2.24, 2.45) is 17.8 Å². The fourth-order valence-electron chi connectivity index (χ4n) is 2.55. The first-order chi connectivity index (χ1) is 6.61. The molecule has 0 heterocycles. The van der Waals surface area contributed by atoms with E-state index in [-0.39, 0.29) is 0 Å². The Labute approximate surface area is 88.1 Å². The number of rotatable bonds is 4. The molecule has 0 bridgehead atoms. The summed E-state index contributed by atoms with van der Waals surface area (Å²) in [7, 11) is 0.